The summed E-state index contributed by atoms with van der Waals surface area (Å²) < 4.78 is 5.59. The molecule has 0 bridgehead atoms. The van der Waals surface area contributed by atoms with Crippen molar-refractivity contribution in [3.63, 3.8) is 0 Å². The van der Waals surface area contributed by atoms with Gasteiger partial charge in [0, 0.05) is 18.6 Å². The van der Waals surface area contributed by atoms with Gasteiger partial charge in [-0.2, -0.15) is 0 Å². The zero-order chi connectivity index (χ0) is 14.3. The minimum absolute atomic E-state index is 0.000237. The lowest BCUT2D eigenvalue weighted by Gasteiger charge is -2.45. The van der Waals surface area contributed by atoms with Crippen LogP contribution < -0.4 is 11.1 Å². The molecule has 20 heavy (non-hydrogen) atoms. The molecular weight excluding hydrogens is 299 g/mol. The van der Waals surface area contributed by atoms with E-state index in [-0.39, 0.29) is 30.5 Å². The molecule has 4 atom stereocenters. The van der Waals surface area contributed by atoms with E-state index in [9.17, 15) is 4.79 Å². The van der Waals surface area contributed by atoms with Crippen LogP contribution in [0.2, 0.25) is 10.0 Å². The molecule has 0 aromatic heterocycles. The van der Waals surface area contributed by atoms with Gasteiger partial charge in [0.1, 0.15) is 0 Å². The first-order valence-corrected chi connectivity index (χ1v) is 7.42. The van der Waals surface area contributed by atoms with Crippen molar-refractivity contribution in [2.45, 2.75) is 31.0 Å². The van der Waals surface area contributed by atoms with E-state index >= 15 is 0 Å². The summed E-state index contributed by atoms with van der Waals surface area (Å²) >= 11 is 11.8. The first-order valence-electron chi connectivity index (χ1n) is 6.67. The maximum atomic E-state index is 12.0. The van der Waals surface area contributed by atoms with Gasteiger partial charge in [0.2, 0.25) is 5.91 Å². The number of hydrogen-bond donors (Lipinski definition) is 2. The molecular formula is C14H16Cl2N2O2. The third-order valence-corrected chi connectivity index (χ3v) is 4.86. The van der Waals surface area contributed by atoms with Crippen molar-refractivity contribution in [2.24, 2.45) is 11.7 Å². The molecule has 1 heterocycles. The number of benzene rings is 1. The van der Waals surface area contributed by atoms with Gasteiger partial charge in [-0.15, -0.1) is 0 Å². The van der Waals surface area contributed by atoms with E-state index in [0.29, 0.717) is 16.0 Å². The molecule has 3 rings (SSSR count). The molecule has 1 aromatic rings. The van der Waals surface area contributed by atoms with Crippen molar-refractivity contribution in [1.29, 1.82) is 0 Å². The number of rotatable bonds is 3. The number of ether oxygens (including phenoxy) is 1. The summed E-state index contributed by atoms with van der Waals surface area (Å²) in [6.07, 6.45) is 1.34. The van der Waals surface area contributed by atoms with Crippen molar-refractivity contribution in [2.75, 3.05) is 6.61 Å². The van der Waals surface area contributed by atoms with Gasteiger partial charge in [0.05, 0.1) is 28.6 Å². The van der Waals surface area contributed by atoms with Crippen LogP contribution in [0, 0.1) is 5.92 Å². The third-order valence-electron chi connectivity index (χ3n) is 4.12. The number of carbonyl (C=O) groups is 1. The molecule has 1 aliphatic carbocycles. The Morgan fingerprint density at radius 2 is 2.20 bits per heavy atom. The second kappa shape index (κ2) is 5.53. The predicted octanol–water partition coefficient (Wildman–Crippen LogP) is 1.77. The van der Waals surface area contributed by atoms with Crippen LogP contribution in [0.1, 0.15) is 12.0 Å². The topological polar surface area (TPSA) is 64.3 Å². The van der Waals surface area contributed by atoms with Gasteiger partial charge in [0.25, 0.3) is 0 Å². The fourth-order valence-corrected chi connectivity index (χ4v) is 3.32. The Balaban J connectivity index is 1.58. The molecule has 4 nitrogen and oxygen atoms in total. The lowest BCUT2D eigenvalue weighted by Crippen LogP contribution is -2.69. The molecule has 108 valence electrons. The molecule has 0 unspecified atom stereocenters. The summed E-state index contributed by atoms with van der Waals surface area (Å²) in [7, 11) is 0. The lowest BCUT2D eigenvalue weighted by molar-refractivity contribution is -0.125. The third kappa shape index (κ3) is 2.53. The largest absolute Gasteiger partial charge is 0.376 e. The van der Waals surface area contributed by atoms with E-state index < -0.39 is 0 Å². The van der Waals surface area contributed by atoms with Crippen LogP contribution in [-0.4, -0.2) is 30.7 Å². The Bertz CT molecular complexity index is 538. The number of carbonyl (C=O) groups excluding carboxylic acids is 1. The first-order chi connectivity index (χ1) is 9.56. The summed E-state index contributed by atoms with van der Waals surface area (Å²) in [4.78, 5) is 12.0. The van der Waals surface area contributed by atoms with Gasteiger partial charge in [-0.3, -0.25) is 4.79 Å². The van der Waals surface area contributed by atoms with Gasteiger partial charge >= 0.3 is 0 Å². The summed E-state index contributed by atoms with van der Waals surface area (Å²) in [6.45, 7) is 0.738. The van der Waals surface area contributed by atoms with Crippen LogP contribution in [0.5, 0.6) is 0 Å². The van der Waals surface area contributed by atoms with E-state index in [0.717, 1.165) is 18.6 Å². The van der Waals surface area contributed by atoms with Crippen molar-refractivity contribution >= 4 is 29.1 Å². The summed E-state index contributed by atoms with van der Waals surface area (Å²) in [6, 6.07) is 5.12. The minimum Gasteiger partial charge on any atom is -0.376 e. The van der Waals surface area contributed by atoms with Crippen molar-refractivity contribution in [1.82, 2.24) is 5.32 Å². The van der Waals surface area contributed by atoms with Gasteiger partial charge < -0.3 is 15.8 Å². The molecule has 1 aromatic carbocycles. The second-order valence-corrected chi connectivity index (χ2v) is 6.20. The predicted molar refractivity (Wildman–Crippen MR) is 77.9 cm³/mol. The highest BCUT2D eigenvalue weighted by molar-refractivity contribution is 6.42. The normalized spacial score (nSPS) is 31.6. The van der Waals surface area contributed by atoms with Gasteiger partial charge in [-0.25, -0.2) is 0 Å². The van der Waals surface area contributed by atoms with E-state index in [1.807, 2.05) is 0 Å². The smallest absolute Gasteiger partial charge is 0.224 e. The number of halogens is 2. The zero-order valence-electron chi connectivity index (χ0n) is 10.8. The molecule has 1 saturated carbocycles. The molecule has 0 radical (unpaired) electrons. The van der Waals surface area contributed by atoms with Crippen LogP contribution in [0.4, 0.5) is 0 Å². The van der Waals surface area contributed by atoms with Crippen LogP contribution in [-0.2, 0) is 16.0 Å². The quantitative estimate of drug-likeness (QED) is 0.893. The molecule has 1 saturated heterocycles. The molecule has 2 fully saturated rings. The molecule has 0 spiro atoms. The SMILES string of the molecule is N[C@H]1[C@H]2CCO[C@H]2[C@@H]1NC(=O)Cc1ccc(Cl)c(Cl)c1. The second-order valence-electron chi connectivity index (χ2n) is 5.38. The van der Waals surface area contributed by atoms with Gasteiger partial charge in [0.15, 0.2) is 0 Å². The Morgan fingerprint density at radius 1 is 1.40 bits per heavy atom. The highest BCUT2D eigenvalue weighted by atomic mass is 35.5. The monoisotopic (exact) mass is 314 g/mol. The average Bonchev–Trinajstić information content (AvgIpc) is 2.85. The molecule has 3 N–H and O–H groups in total. The summed E-state index contributed by atoms with van der Waals surface area (Å²) in [5.41, 5.74) is 6.89. The number of hydrogen-bond acceptors (Lipinski definition) is 3. The molecule has 2 aliphatic rings. The van der Waals surface area contributed by atoms with Crippen LogP contribution in [0.3, 0.4) is 0 Å². The standard InChI is InChI=1S/C14H16Cl2N2O2/c15-9-2-1-7(5-10(9)16)6-11(19)18-13-12(17)8-3-4-20-14(8)13/h1-2,5,8,12-14H,3-4,6,17H2,(H,18,19)/t8-,12+,13-,14-/m1/s1. The average molecular weight is 315 g/mol. The fraction of sp³-hybridized carbons (Fsp3) is 0.500. The maximum absolute atomic E-state index is 12.0. The number of fused-ring (bicyclic) bond motifs is 1. The molecule has 1 aliphatic heterocycles. The van der Waals surface area contributed by atoms with Crippen LogP contribution >= 0.6 is 23.2 Å². The Labute approximate surface area is 127 Å². The zero-order valence-corrected chi connectivity index (χ0v) is 12.3. The summed E-state index contributed by atoms with van der Waals surface area (Å²) in [5, 5.41) is 3.90. The van der Waals surface area contributed by atoms with Crippen LogP contribution in [0.25, 0.3) is 0 Å². The Hall–Kier alpha value is -0.810. The van der Waals surface area contributed by atoms with E-state index in [1.54, 1.807) is 18.2 Å². The lowest BCUT2D eigenvalue weighted by atomic mass is 9.72. The number of nitrogens with one attached hydrogen (secondary N) is 1. The van der Waals surface area contributed by atoms with Gasteiger partial charge in [-0.1, -0.05) is 29.3 Å². The van der Waals surface area contributed by atoms with E-state index in [2.05, 4.69) is 5.32 Å². The fourth-order valence-electron chi connectivity index (χ4n) is 3.00. The Morgan fingerprint density at radius 3 is 2.95 bits per heavy atom. The maximum Gasteiger partial charge on any atom is 0.224 e. The van der Waals surface area contributed by atoms with Crippen molar-refractivity contribution in [3.8, 4) is 0 Å². The first kappa shape index (κ1) is 14.1. The molecule has 1 amide bonds. The van der Waals surface area contributed by atoms with Gasteiger partial charge in [-0.05, 0) is 24.1 Å². The van der Waals surface area contributed by atoms with Crippen molar-refractivity contribution in [3.05, 3.63) is 33.8 Å². The minimum atomic E-state index is -0.0715. The number of nitrogens with two attached hydrogens (primary N) is 1. The van der Waals surface area contributed by atoms with E-state index in [4.69, 9.17) is 33.7 Å². The van der Waals surface area contributed by atoms with E-state index in [1.165, 1.54) is 0 Å². The number of amides is 1. The summed E-state index contributed by atoms with van der Waals surface area (Å²) in [5.74, 6) is 0.322. The van der Waals surface area contributed by atoms with Crippen LogP contribution in [0.15, 0.2) is 18.2 Å². The highest BCUT2D eigenvalue weighted by Gasteiger charge is 2.52. The highest BCUT2D eigenvalue weighted by Crippen LogP contribution is 2.37. The van der Waals surface area contributed by atoms with Crippen molar-refractivity contribution < 1.29 is 9.53 Å². The Kier molecular flexibility index (Phi) is 3.91. The molecule has 6 heteroatoms.